The molecule has 1 saturated heterocycles. The van der Waals surface area contributed by atoms with Crippen molar-refractivity contribution in [3.05, 3.63) is 32.7 Å². The fourth-order valence-corrected chi connectivity index (χ4v) is 3.41. The van der Waals surface area contributed by atoms with Gasteiger partial charge < -0.3 is 15.4 Å². The lowest BCUT2D eigenvalue weighted by Crippen LogP contribution is -2.41. The van der Waals surface area contributed by atoms with Crippen molar-refractivity contribution >= 4 is 37.8 Å². The van der Waals surface area contributed by atoms with Crippen LogP contribution in [0, 0.1) is 0 Å². The summed E-state index contributed by atoms with van der Waals surface area (Å²) < 4.78 is 7.83. The van der Waals surface area contributed by atoms with Crippen LogP contribution < -0.4 is 5.73 Å². The monoisotopic (exact) mass is 401 g/mol. The molecular formula is C14H17Br2N3O. The number of guanidine groups is 1. The van der Waals surface area contributed by atoms with E-state index in [1.54, 1.807) is 0 Å². The minimum absolute atomic E-state index is 0.212. The minimum atomic E-state index is 0.212. The van der Waals surface area contributed by atoms with Gasteiger partial charge in [-0.3, -0.25) is 4.99 Å². The molecule has 3 rings (SSSR count). The van der Waals surface area contributed by atoms with Crippen LogP contribution in [-0.4, -0.2) is 36.7 Å². The number of nitrogens with two attached hydrogens (primary N) is 1. The van der Waals surface area contributed by atoms with Crippen molar-refractivity contribution < 1.29 is 4.74 Å². The van der Waals surface area contributed by atoms with Gasteiger partial charge in [0.25, 0.3) is 0 Å². The predicted octanol–water partition coefficient (Wildman–Crippen LogP) is 3.06. The van der Waals surface area contributed by atoms with Crippen LogP contribution in [0.2, 0.25) is 0 Å². The highest BCUT2D eigenvalue weighted by atomic mass is 79.9. The molecule has 1 aromatic carbocycles. The third-order valence-electron chi connectivity index (χ3n) is 3.85. The van der Waals surface area contributed by atoms with Gasteiger partial charge in [0.15, 0.2) is 5.96 Å². The van der Waals surface area contributed by atoms with Crippen LogP contribution >= 0.6 is 31.9 Å². The molecule has 4 nitrogen and oxygen atoms in total. The van der Waals surface area contributed by atoms with E-state index in [0.29, 0.717) is 12.5 Å². The molecule has 108 valence electrons. The summed E-state index contributed by atoms with van der Waals surface area (Å²) in [7, 11) is 0. The molecule has 0 spiro atoms. The molecule has 0 aromatic heterocycles. The van der Waals surface area contributed by atoms with Gasteiger partial charge in [0.05, 0.1) is 18.7 Å². The molecule has 2 N–H and O–H groups in total. The fraction of sp³-hybridized carbons (Fsp3) is 0.500. The van der Waals surface area contributed by atoms with E-state index < -0.39 is 0 Å². The van der Waals surface area contributed by atoms with E-state index in [4.69, 9.17) is 10.5 Å². The lowest BCUT2D eigenvalue weighted by atomic mass is 10.1. The normalized spacial score (nSPS) is 26.1. The van der Waals surface area contributed by atoms with Crippen molar-refractivity contribution in [2.75, 3.05) is 19.7 Å². The molecule has 20 heavy (non-hydrogen) atoms. The summed E-state index contributed by atoms with van der Waals surface area (Å²) in [6, 6.07) is 6.52. The van der Waals surface area contributed by atoms with Gasteiger partial charge in [-0.05, 0) is 62.4 Å². The number of ether oxygens (including phenoxy) is 1. The second-order valence-electron chi connectivity index (χ2n) is 5.18. The Kier molecular flexibility index (Phi) is 4.33. The highest BCUT2D eigenvalue weighted by Gasteiger charge is 2.31. The van der Waals surface area contributed by atoms with Gasteiger partial charge in [-0.1, -0.05) is 6.07 Å². The van der Waals surface area contributed by atoms with Crippen LogP contribution in [0.15, 0.2) is 32.1 Å². The molecule has 2 aliphatic rings. The molecule has 1 aromatic rings. The molecule has 2 atom stereocenters. The van der Waals surface area contributed by atoms with Crippen molar-refractivity contribution in [3.63, 3.8) is 0 Å². The van der Waals surface area contributed by atoms with Crippen molar-refractivity contribution in [1.82, 2.24) is 4.90 Å². The number of benzene rings is 1. The van der Waals surface area contributed by atoms with Gasteiger partial charge >= 0.3 is 0 Å². The summed E-state index contributed by atoms with van der Waals surface area (Å²) in [5.74, 6) is 0.629. The zero-order valence-corrected chi connectivity index (χ0v) is 14.2. The zero-order valence-electron chi connectivity index (χ0n) is 11.1. The van der Waals surface area contributed by atoms with Crippen molar-refractivity contribution in [2.24, 2.45) is 10.7 Å². The molecule has 6 heteroatoms. The summed E-state index contributed by atoms with van der Waals surface area (Å²) in [6.07, 6.45) is 2.54. The Morgan fingerprint density at radius 1 is 1.35 bits per heavy atom. The zero-order chi connectivity index (χ0) is 14.1. The maximum atomic E-state index is 6.05. The first-order valence-corrected chi connectivity index (χ1v) is 8.37. The van der Waals surface area contributed by atoms with E-state index in [-0.39, 0.29) is 12.1 Å². The van der Waals surface area contributed by atoms with Crippen LogP contribution in [0.4, 0.5) is 0 Å². The maximum absolute atomic E-state index is 6.05. The number of aliphatic imine (C=N–C) groups is 1. The quantitative estimate of drug-likeness (QED) is 0.845. The van der Waals surface area contributed by atoms with Crippen LogP contribution in [0.1, 0.15) is 24.4 Å². The Hall–Kier alpha value is -0.590. The van der Waals surface area contributed by atoms with E-state index in [1.807, 2.05) is 0 Å². The van der Waals surface area contributed by atoms with Gasteiger partial charge in [0.2, 0.25) is 0 Å². The third kappa shape index (κ3) is 2.87. The van der Waals surface area contributed by atoms with Crippen LogP contribution in [-0.2, 0) is 4.74 Å². The van der Waals surface area contributed by atoms with E-state index in [9.17, 15) is 0 Å². The minimum Gasteiger partial charge on any atom is -0.376 e. The van der Waals surface area contributed by atoms with E-state index in [2.05, 4.69) is 60.0 Å². The highest BCUT2D eigenvalue weighted by molar-refractivity contribution is 9.13. The van der Waals surface area contributed by atoms with Crippen molar-refractivity contribution in [2.45, 2.75) is 25.0 Å². The molecule has 0 saturated carbocycles. The Bertz CT molecular complexity index is 529. The smallest absolute Gasteiger partial charge is 0.192 e. The largest absolute Gasteiger partial charge is 0.376 e. The van der Waals surface area contributed by atoms with E-state index in [1.165, 1.54) is 5.56 Å². The van der Waals surface area contributed by atoms with Crippen LogP contribution in [0.25, 0.3) is 0 Å². The average molecular weight is 403 g/mol. The van der Waals surface area contributed by atoms with E-state index in [0.717, 1.165) is 34.9 Å². The molecule has 2 aliphatic heterocycles. The first-order chi connectivity index (χ1) is 9.65. The predicted molar refractivity (Wildman–Crippen MR) is 86.8 cm³/mol. The van der Waals surface area contributed by atoms with Crippen LogP contribution in [0.5, 0.6) is 0 Å². The number of halogens is 2. The maximum Gasteiger partial charge on any atom is 0.192 e. The van der Waals surface area contributed by atoms with Crippen molar-refractivity contribution in [1.29, 1.82) is 0 Å². The van der Waals surface area contributed by atoms with Gasteiger partial charge in [-0.15, -0.1) is 0 Å². The summed E-state index contributed by atoms with van der Waals surface area (Å²) in [5.41, 5.74) is 7.28. The van der Waals surface area contributed by atoms with Crippen molar-refractivity contribution in [3.8, 4) is 0 Å². The summed E-state index contributed by atoms with van der Waals surface area (Å²) in [5, 5.41) is 0. The molecule has 2 heterocycles. The third-order valence-corrected chi connectivity index (χ3v) is 5.73. The van der Waals surface area contributed by atoms with Gasteiger partial charge in [-0.25, -0.2) is 0 Å². The topological polar surface area (TPSA) is 50.8 Å². The summed E-state index contributed by atoms with van der Waals surface area (Å²) >= 11 is 7.06. The number of nitrogens with zero attached hydrogens (tertiary/aromatic N) is 2. The summed E-state index contributed by atoms with van der Waals surface area (Å²) in [6.45, 7) is 2.41. The van der Waals surface area contributed by atoms with Gasteiger partial charge in [0, 0.05) is 22.1 Å². The Labute approximate surface area is 135 Å². The molecule has 0 amide bonds. The molecule has 0 radical (unpaired) electrons. The first-order valence-electron chi connectivity index (χ1n) is 6.78. The second-order valence-corrected chi connectivity index (χ2v) is 6.88. The number of hydrogen-bond donors (Lipinski definition) is 1. The average Bonchev–Trinajstić information content (AvgIpc) is 3.05. The number of hydrogen-bond acceptors (Lipinski definition) is 4. The lowest BCUT2D eigenvalue weighted by molar-refractivity contribution is 0.0853. The van der Waals surface area contributed by atoms with E-state index >= 15 is 0 Å². The van der Waals surface area contributed by atoms with Gasteiger partial charge in [-0.2, -0.15) is 0 Å². The Morgan fingerprint density at radius 2 is 2.20 bits per heavy atom. The Balaban J connectivity index is 1.78. The summed E-state index contributed by atoms with van der Waals surface area (Å²) in [4.78, 5) is 6.58. The molecule has 2 unspecified atom stereocenters. The fourth-order valence-electron chi connectivity index (χ4n) is 2.76. The standard InChI is InChI=1S/C14H17Br2N3O/c15-11-4-3-9(6-12(11)16)13-7-18-14(17)19(13)8-10-2-1-5-20-10/h3-4,6,10,13H,1-2,5,7-8H2,(H2,17,18). The molecular weight excluding hydrogens is 386 g/mol. The second kappa shape index (κ2) is 6.03. The number of rotatable bonds is 3. The van der Waals surface area contributed by atoms with Crippen LogP contribution in [0.3, 0.4) is 0 Å². The Morgan fingerprint density at radius 3 is 2.90 bits per heavy atom. The van der Waals surface area contributed by atoms with Gasteiger partial charge in [0.1, 0.15) is 0 Å². The molecule has 0 aliphatic carbocycles. The first kappa shape index (κ1) is 14.4. The lowest BCUT2D eigenvalue weighted by Gasteiger charge is -2.29. The molecule has 1 fully saturated rings. The molecule has 0 bridgehead atoms. The SMILES string of the molecule is NC1=NCC(c2ccc(Br)c(Br)c2)N1CC1CCCO1. The highest BCUT2D eigenvalue weighted by Crippen LogP contribution is 2.32.